The fourth-order valence-corrected chi connectivity index (χ4v) is 2.28. The summed E-state index contributed by atoms with van der Waals surface area (Å²) in [5.41, 5.74) is 3.24. The molecular formula is C20H16O3. The molecule has 3 heteroatoms. The van der Waals surface area contributed by atoms with Crippen molar-refractivity contribution < 1.29 is 14.0 Å². The van der Waals surface area contributed by atoms with Crippen molar-refractivity contribution in [2.24, 2.45) is 0 Å². The molecule has 0 aliphatic carbocycles. The normalized spacial score (nSPS) is 10.5. The van der Waals surface area contributed by atoms with E-state index in [1.807, 2.05) is 38.1 Å². The average Bonchev–Trinajstić information content (AvgIpc) is 3.05. The molecule has 0 fully saturated rings. The third kappa shape index (κ3) is 3.14. The molecule has 3 nitrogen and oxygen atoms in total. The lowest BCUT2D eigenvalue weighted by Gasteiger charge is -2.00. The number of furan rings is 1. The van der Waals surface area contributed by atoms with Crippen LogP contribution < -0.4 is 0 Å². The molecule has 0 unspecified atom stereocenters. The smallest absolute Gasteiger partial charge is 0.228 e. The van der Waals surface area contributed by atoms with E-state index in [9.17, 15) is 9.59 Å². The number of rotatable bonds is 4. The first-order chi connectivity index (χ1) is 11.0. The van der Waals surface area contributed by atoms with Crippen LogP contribution in [0.15, 0.2) is 65.1 Å². The van der Waals surface area contributed by atoms with Gasteiger partial charge in [-0.25, -0.2) is 0 Å². The van der Waals surface area contributed by atoms with Crippen molar-refractivity contribution in [3.63, 3.8) is 0 Å². The van der Waals surface area contributed by atoms with E-state index in [4.69, 9.17) is 4.42 Å². The minimum atomic E-state index is -0.229. The van der Waals surface area contributed by atoms with E-state index >= 15 is 0 Å². The summed E-state index contributed by atoms with van der Waals surface area (Å²) in [6.07, 6.45) is 0. The van der Waals surface area contributed by atoms with E-state index in [0.717, 1.165) is 11.1 Å². The number of hydrogen-bond acceptors (Lipinski definition) is 3. The van der Waals surface area contributed by atoms with Gasteiger partial charge in [0, 0.05) is 11.1 Å². The van der Waals surface area contributed by atoms with Gasteiger partial charge in [-0.1, -0.05) is 59.7 Å². The second-order valence-electron chi connectivity index (χ2n) is 5.55. The van der Waals surface area contributed by atoms with E-state index < -0.39 is 0 Å². The van der Waals surface area contributed by atoms with Crippen LogP contribution in [0.25, 0.3) is 0 Å². The molecule has 23 heavy (non-hydrogen) atoms. The second-order valence-corrected chi connectivity index (χ2v) is 5.55. The zero-order valence-corrected chi connectivity index (χ0v) is 13.0. The Morgan fingerprint density at radius 1 is 0.609 bits per heavy atom. The second kappa shape index (κ2) is 6.05. The molecule has 114 valence electrons. The largest absolute Gasteiger partial charge is 0.449 e. The average molecular weight is 304 g/mol. The molecule has 0 amide bonds. The number of carbonyl (C=O) groups excluding carboxylic acids is 2. The van der Waals surface area contributed by atoms with E-state index in [-0.39, 0.29) is 23.1 Å². The first-order valence-corrected chi connectivity index (χ1v) is 7.37. The number of aryl methyl sites for hydroxylation is 2. The van der Waals surface area contributed by atoms with Crippen LogP contribution >= 0.6 is 0 Å². The molecule has 0 bridgehead atoms. The monoisotopic (exact) mass is 304 g/mol. The highest BCUT2D eigenvalue weighted by molar-refractivity contribution is 6.10. The Kier molecular flexibility index (Phi) is 3.94. The zero-order valence-electron chi connectivity index (χ0n) is 13.0. The first kappa shape index (κ1) is 15.0. The molecule has 1 aromatic heterocycles. The van der Waals surface area contributed by atoms with Gasteiger partial charge < -0.3 is 4.42 Å². The van der Waals surface area contributed by atoms with E-state index in [0.29, 0.717) is 11.1 Å². The highest BCUT2D eigenvalue weighted by Crippen LogP contribution is 2.17. The summed E-state index contributed by atoms with van der Waals surface area (Å²) >= 11 is 0. The van der Waals surface area contributed by atoms with Gasteiger partial charge in [-0.2, -0.15) is 0 Å². The molecular weight excluding hydrogens is 288 g/mol. The van der Waals surface area contributed by atoms with E-state index in [1.165, 1.54) is 0 Å². The molecule has 2 aromatic carbocycles. The molecule has 0 atom stereocenters. The topological polar surface area (TPSA) is 47.3 Å². The van der Waals surface area contributed by atoms with Crippen LogP contribution in [0.2, 0.25) is 0 Å². The molecule has 3 rings (SSSR count). The summed E-state index contributed by atoms with van der Waals surface area (Å²) in [6.45, 7) is 3.92. The summed E-state index contributed by atoms with van der Waals surface area (Å²) in [6, 6.07) is 17.6. The fraction of sp³-hybridized carbons (Fsp3) is 0.100. The Morgan fingerprint density at radius 3 is 1.30 bits per heavy atom. The Balaban J connectivity index is 1.85. The quantitative estimate of drug-likeness (QED) is 0.673. The molecule has 1 heterocycles. The van der Waals surface area contributed by atoms with Crippen LogP contribution in [0, 0.1) is 13.8 Å². The third-order valence-corrected chi connectivity index (χ3v) is 3.68. The lowest BCUT2D eigenvalue weighted by molar-refractivity contribution is 0.0986. The van der Waals surface area contributed by atoms with Gasteiger partial charge >= 0.3 is 0 Å². The van der Waals surface area contributed by atoms with Gasteiger partial charge in [0.25, 0.3) is 0 Å². The Labute approximate surface area is 134 Å². The van der Waals surface area contributed by atoms with Gasteiger partial charge in [-0.3, -0.25) is 9.59 Å². The molecule has 0 radical (unpaired) electrons. The van der Waals surface area contributed by atoms with Crippen molar-refractivity contribution in [1.82, 2.24) is 0 Å². The maximum absolute atomic E-state index is 12.4. The van der Waals surface area contributed by atoms with Crippen LogP contribution in [-0.2, 0) is 0 Å². The minimum Gasteiger partial charge on any atom is -0.449 e. The molecule has 3 aromatic rings. The minimum absolute atomic E-state index is 0.171. The lowest BCUT2D eigenvalue weighted by Crippen LogP contribution is -2.01. The maximum Gasteiger partial charge on any atom is 0.228 e. The van der Waals surface area contributed by atoms with Gasteiger partial charge in [-0.15, -0.1) is 0 Å². The summed E-state index contributed by atoms with van der Waals surface area (Å²) in [4.78, 5) is 24.7. The summed E-state index contributed by atoms with van der Waals surface area (Å²) in [5.74, 6) is -0.116. The van der Waals surface area contributed by atoms with Crippen LogP contribution in [0.1, 0.15) is 43.4 Å². The van der Waals surface area contributed by atoms with Gasteiger partial charge in [0.1, 0.15) is 0 Å². The van der Waals surface area contributed by atoms with Gasteiger partial charge in [0.2, 0.25) is 11.6 Å². The standard InChI is InChI=1S/C20H16O3/c1-13-3-7-15(8-4-13)19(21)17-11-12-18(23-17)20(22)16-9-5-14(2)6-10-16/h3-12H,1-2H3. The van der Waals surface area contributed by atoms with E-state index in [1.54, 1.807) is 36.4 Å². The summed E-state index contributed by atoms with van der Waals surface area (Å²) in [5, 5.41) is 0. The van der Waals surface area contributed by atoms with Crippen LogP contribution in [0.4, 0.5) is 0 Å². The zero-order chi connectivity index (χ0) is 16.4. The highest BCUT2D eigenvalue weighted by atomic mass is 16.4. The van der Waals surface area contributed by atoms with Crippen LogP contribution in [0.5, 0.6) is 0 Å². The van der Waals surface area contributed by atoms with E-state index in [2.05, 4.69) is 0 Å². The van der Waals surface area contributed by atoms with Gasteiger partial charge in [0.15, 0.2) is 11.5 Å². The fourth-order valence-electron chi connectivity index (χ4n) is 2.28. The first-order valence-electron chi connectivity index (χ1n) is 7.37. The highest BCUT2D eigenvalue weighted by Gasteiger charge is 2.18. The van der Waals surface area contributed by atoms with Crippen LogP contribution in [0.3, 0.4) is 0 Å². The molecule has 0 spiro atoms. The van der Waals surface area contributed by atoms with Crippen LogP contribution in [-0.4, -0.2) is 11.6 Å². The SMILES string of the molecule is Cc1ccc(C(=O)c2ccc(C(=O)c3ccc(C)cc3)o2)cc1. The van der Waals surface area contributed by atoms with Gasteiger partial charge in [-0.05, 0) is 26.0 Å². The molecule has 0 saturated heterocycles. The lowest BCUT2D eigenvalue weighted by atomic mass is 10.1. The molecule has 0 saturated carbocycles. The Bertz CT molecular complexity index is 781. The Morgan fingerprint density at radius 2 is 0.957 bits per heavy atom. The predicted molar refractivity (Wildman–Crippen MR) is 87.9 cm³/mol. The number of benzene rings is 2. The number of hydrogen-bond donors (Lipinski definition) is 0. The van der Waals surface area contributed by atoms with Crippen molar-refractivity contribution >= 4 is 11.6 Å². The van der Waals surface area contributed by atoms with Crippen molar-refractivity contribution in [1.29, 1.82) is 0 Å². The van der Waals surface area contributed by atoms with Crippen molar-refractivity contribution in [2.45, 2.75) is 13.8 Å². The maximum atomic E-state index is 12.4. The third-order valence-electron chi connectivity index (χ3n) is 3.68. The molecule has 0 aliphatic rings. The summed E-state index contributed by atoms with van der Waals surface area (Å²) < 4.78 is 5.48. The van der Waals surface area contributed by atoms with Gasteiger partial charge in [0.05, 0.1) is 0 Å². The molecule has 0 N–H and O–H groups in total. The van der Waals surface area contributed by atoms with Crippen molar-refractivity contribution in [3.05, 3.63) is 94.4 Å². The number of carbonyl (C=O) groups is 2. The predicted octanol–water partition coefficient (Wildman–Crippen LogP) is 4.36. The van der Waals surface area contributed by atoms with Crippen molar-refractivity contribution in [2.75, 3.05) is 0 Å². The summed E-state index contributed by atoms with van der Waals surface area (Å²) in [7, 11) is 0. The molecule has 0 aliphatic heterocycles. The van der Waals surface area contributed by atoms with Crippen molar-refractivity contribution in [3.8, 4) is 0 Å². The Hall–Kier alpha value is -2.94. The number of ketones is 2.